The number of carbonyl (C=O) groups excluding carboxylic acids is 1. The molecule has 1 aromatic rings. The monoisotopic (exact) mass is 328 g/mol. The number of para-hydroxylation sites is 1. The van der Waals surface area contributed by atoms with Crippen LogP contribution in [0.3, 0.4) is 0 Å². The Morgan fingerprint density at radius 1 is 1.38 bits per heavy atom. The number of hydrogen-bond acceptors (Lipinski definition) is 3. The molecule has 0 saturated carbocycles. The highest BCUT2D eigenvalue weighted by Crippen LogP contribution is 2.22. The number of carbonyl (C=O) groups is 1. The van der Waals surface area contributed by atoms with Crippen LogP contribution in [0.15, 0.2) is 18.2 Å². The molecular formula is C20H28N2O2. The summed E-state index contributed by atoms with van der Waals surface area (Å²) in [5.41, 5.74) is 2.24. The number of rotatable bonds is 6. The average Bonchev–Trinajstić information content (AvgIpc) is 2.55. The van der Waals surface area contributed by atoms with Crippen molar-refractivity contribution in [1.29, 1.82) is 0 Å². The third-order valence-corrected chi connectivity index (χ3v) is 4.55. The van der Waals surface area contributed by atoms with Gasteiger partial charge in [0, 0.05) is 5.92 Å². The van der Waals surface area contributed by atoms with E-state index in [-0.39, 0.29) is 17.9 Å². The quantitative estimate of drug-likeness (QED) is 0.816. The summed E-state index contributed by atoms with van der Waals surface area (Å²) >= 11 is 0. The Hall–Kier alpha value is -1.99. The second-order valence-corrected chi connectivity index (χ2v) is 6.70. The molecule has 130 valence electrons. The van der Waals surface area contributed by atoms with Gasteiger partial charge in [-0.2, -0.15) is 0 Å². The van der Waals surface area contributed by atoms with Crippen LogP contribution in [-0.2, 0) is 4.79 Å². The van der Waals surface area contributed by atoms with Crippen molar-refractivity contribution in [3.05, 3.63) is 29.3 Å². The first-order valence-corrected chi connectivity index (χ1v) is 8.66. The van der Waals surface area contributed by atoms with Crippen LogP contribution < -0.4 is 10.1 Å². The molecule has 0 aliphatic carbocycles. The summed E-state index contributed by atoms with van der Waals surface area (Å²) in [5.74, 6) is 3.80. The molecule has 1 aliphatic rings. The summed E-state index contributed by atoms with van der Waals surface area (Å²) in [5, 5.41) is 3.08. The second kappa shape index (κ2) is 8.75. The number of benzene rings is 1. The van der Waals surface area contributed by atoms with Crippen molar-refractivity contribution in [3.8, 4) is 18.1 Å². The smallest absolute Gasteiger partial charge is 0.223 e. The van der Waals surface area contributed by atoms with E-state index in [1.54, 1.807) is 0 Å². The number of ether oxygens (including phenoxy) is 1. The van der Waals surface area contributed by atoms with Gasteiger partial charge in [0.1, 0.15) is 12.4 Å². The zero-order valence-electron chi connectivity index (χ0n) is 15.0. The first-order chi connectivity index (χ1) is 11.5. The minimum Gasteiger partial charge on any atom is -0.491 e. The van der Waals surface area contributed by atoms with E-state index >= 15 is 0 Å². The SMILES string of the molecule is C#CCN1CCC(C(=O)N[C@@H](C)COc2c(C)cccc2C)CC1. The molecule has 4 heteroatoms. The summed E-state index contributed by atoms with van der Waals surface area (Å²) in [7, 11) is 0. The molecule has 0 spiro atoms. The molecule has 1 N–H and O–H groups in total. The third-order valence-electron chi connectivity index (χ3n) is 4.55. The van der Waals surface area contributed by atoms with E-state index in [1.807, 2.05) is 39.0 Å². The van der Waals surface area contributed by atoms with Crippen molar-refractivity contribution in [2.45, 2.75) is 39.7 Å². The predicted molar refractivity (Wildman–Crippen MR) is 97.0 cm³/mol. The first-order valence-electron chi connectivity index (χ1n) is 8.66. The number of amides is 1. The molecule has 1 amide bonds. The van der Waals surface area contributed by atoms with Crippen molar-refractivity contribution in [1.82, 2.24) is 10.2 Å². The maximum Gasteiger partial charge on any atom is 0.223 e. The summed E-state index contributed by atoms with van der Waals surface area (Å²) in [6.07, 6.45) is 7.08. The number of aryl methyl sites for hydroxylation is 2. The molecule has 2 rings (SSSR count). The van der Waals surface area contributed by atoms with Gasteiger partial charge < -0.3 is 10.1 Å². The standard InChI is InChI=1S/C20H28N2O2/c1-5-11-22-12-9-18(10-13-22)20(23)21-17(4)14-24-19-15(2)7-6-8-16(19)3/h1,6-8,17-18H,9-14H2,2-4H3,(H,21,23)/t17-/m0/s1. The fourth-order valence-corrected chi connectivity index (χ4v) is 3.12. The van der Waals surface area contributed by atoms with Crippen molar-refractivity contribution >= 4 is 5.91 Å². The molecule has 1 aliphatic heterocycles. The Morgan fingerprint density at radius 2 is 2.00 bits per heavy atom. The number of piperidine rings is 1. The van der Waals surface area contributed by atoms with Crippen LogP contribution in [0.25, 0.3) is 0 Å². The van der Waals surface area contributed by atoms with Crippen LogP contribution in [0.2, 0.25) is 0 Å². The molecule has 1 aromatic carbocycles. The predicted octanol–water partition coefficient (Wildman–Crippen LogP) is 2.53. The van der Waals surface area contributed by atoms with Crippen LogP contribution in [0, 0.1) is 32.1 Å². The lowest BCUT2D eigenvalue weighted by Gasteiger charge is -2.30. The minimum atomic E-state index is -0.0137. The van der Waals surface area contributed by atoms with Gasteiger partial charge in [0.15, 0.2) is 0 Å². The zero-order chi connectivity index (χ0) is 17.5. The van der Waals surface area contributed by atoms with Gasteiger partial charge in [-0.25, -0.2) is 0 Å². The minimum absolute atomic E-state index is 0.0137. The molecular weight excluding hydrogens is 300 g/mol. The normalized spacial score (nSPS) is 17.1. The molecule has 0 aromatic heterocycles. The van der Waals surface area contributed by atoms with Gasteiger partial charge >= 0.3 is 0 Å². The summed E-state index contributed by atoms with van der Waals surface area (Å²) in [6, 6.07) is 6.08. The fraction of sp³-hybridized carbons (Fsp3) is 0.550. The van der Waals surface area contributed by atoms with E-state index in [2.05, 4.69) is 16.1 Å². The van der Waals surface area contributed by atoms with E-state index in [1.165, 1.54) is 0 Å². The van der Waals surface area contributed by atoms with E-state index in [0.717, 1.165) is 42.8 Å². The highest BCUT2D eigenvalue weighted by Gasteiger charge is 2.25. The van der Waals surface area contributed by atoms with Gasteiger partial charge in [0.05, 0.1) is 12.6 Å². The van der Waals surface area contributed by atoms with Crippen LogP contribution in [0.1, 0.15) is 30.9 Å². The van der Waals surface area contributed by atoms with Gasteiger partial charge in [-0.3, -0.25) is 9.69 Å². The molecule has 0 unspecified atom stereocenters. The average molecular weight is 328 g/mol. The highest BCUT2D eigenvalue weighted by atomic mass is 16.5. The highest BCUT2D eigenvalue weighted by molar-refractivity contribution is 5.79. The van der Waals surface area contributed by atoms with Gasteiger partial charge in [-0.15, -0.1) is 6.42 Å². The largest absolute Gasteiger partial charge is 0.491 e. The fourth-order valence-electron chi connectivity index (χ4n) is 3.12. The van der Waals surface area contributed by atoms with E-state index in [9.17, 15) is 4.79 Å². The molecule has 24 heavy (non-hydrogen) atoms. The van der Waals surface area contributed by atoms with Crippen LogP contribution in [0.4, 0.5) is 0 Å². The van der Waals surface area contributed by atoms with E-state index in [0.29, 0.717) is 13.2 Å². The Bertz CT molecular complexity index is 578. The molecule has 4 nitrogen and oxygen atoms in total. The van der Waals surface area contributed by atoms with Crippen molar-refractivity contribution in [2.24, 2.45) is 5.92 Å². The zero-order valence-corrected chi connectivity index (χ0v) is 15.0. The van der Waals surface area contributed by atoms with Crippen molar-refractivity contribution < 1.29 is 9.53 Å². The van der Waals surface area contributed by atoms with Gasteiger partial charge in [0.25, 0.3) is 0 Å². The van der Waals surface area contributed by atoms with Crippen LogP contribution in [-0.4, -0.2) is 43.1 Å². The molecule has 0 bridgehead atoms. The maximum atomic E-state index is 12.4. The van der Waals surface area contributed by atoms with E-state index in [4.69, 9.17) is 11.2 Å². The van der Waals surface area contributed by atoms with Gasteiger partial charge in [-0.1, -0.05) is 24.1 Å². The molecule has 1 heterocycles. The number of hydrogen-bond donors (Lipinski definition) is 1. The topological polar surface area (TPSA) is 41.6 Å². The van der Waals surface area contributed by atoms with E-state index < -0.39 is 0 Å². The lowest BCUT2D eigenvalue weighted by atomic mass is 9.95. The summed E-state index contributed by atoms with van der Waals surface area (Å²) in [4.78, 5) is 14.6. The summed E-state index contributed by atoms with van der Waals surface area (Å²) in [6.45, 7) is 9.01. The van der Waals surface area contributed by atoms with Crippen LogP contribution in [0.5, 0.6) is 5.75 Å². The number of terminal acetylenes is 1. The molecule has 1 saturated heterocycles. The number of nitrogens with zero attached hydrogens (tertiary/aromatic N) is 1. The second-order valence-electron chi connectivity index (χ2n) is 6.70. The molecule has 1 atom stereocenters. The Labute approximate surface area is 145 Å². The summed E-state index contributed by atoms with van der Waals surface area (Å²) < 4.78 is 5.92. The van der Waals surface area contributed by atoms with Crippen LogP contribution >= 0.6 is 0 Å². The molecule has 1 fully saturated rings. The first kappa shape index (κ1) is 18.4. The third kappa shape index (κ3) is 5.01. The lowest BCUT2D eigenvalue weighted by molar-refractivity contribution is -0.127. The van der Waals surface area contributed by atoms with Crippen molar-refractivity contribution in [3.63, 3.8) is 0 Å². The Morgan fingerprint density at radius 3 is 2.58 bits per heavy atom. The Kier molecular flexibility index (Phi) is 6.69. The lowest BCUT2D eigenvalue weighted by Crippen LogP contribution is -2.44. The molecule has 0 radical (unpaired) electrons. The number of likely N-dealkylation sites (tertiary alicyclic amines) is 1. The van der Waals surface area contributed by atoms with Gasteiger partial charge in [-0.05, 0) is 57.8 Å². The van der Waals surface area contributed by atoms with Crippen molar-refractivity contribution in [2.75, 3.05) is 26.2 Å². The Balaban J connectivity index is 1.77. The maximum absolute atomic E-state index is 12.4. The van der Waals surface area contributed by atoms with Gasteiger partial charge in [0.2, 0.25) is 5.91 Å². The number of nitrogens with one attached hydrogen (secondary N) is 1.